The van der Waals surface area contributed by atoms with Crippen molar-refractivity contribution in [3.05, 3.63) is 28.8 Å². The number of hydrogen-bond acceptors (Lipinski definition) is 2. The molecule has 1 aromatic rings. The molecule has 0 spiro atoms. The van der Waals surface area contributed by atoms with E-state index in [-0.39, 0.29) is 11.9 Å². The van der Waals surface area contributed by atoms with E-state index in [2.05, 4.69) is 16.3 Å². The van der Waals surface area contributed by atoms with Crippen LogP contribution in [0, 0.1) is 0 Å². The lowest BCUT2D eigenvalue weighted by molar-refractivity contribution is -0.121. The van der Waals surface area contributed by atoms with E-state index in [4.69, 9.17) is 11.6 Å². The number of nitrogens with zero attached hydrogens (tertiary/aromatic N) is 1. The van der Waals surface area contributed by atoms with Crippen molar-refractivity contribution in [3.63, 3.8) is 0 Å². The van der Waals surface area contributed by atoms with E-state index in [0.717, 1.165) is 42.2 Å². The summed E-state index contributed by atoms with van der Waals surface area (Å²) in [5, 5.41) is 3.72. The Labute approximate surface area is 99.4 Å². The number of amides is 1. The smallest absolute Gasteiger partial charge is 0.243 e. The zero-order valence-corrected chi connectivity index (χ0v) is 9.63. The van der Waals surface area contributed by atoms with E-state index in [9.17, 15) is 4.79 Å². The van der Waals surface area contributed by atoms with E-state index < -0.39 is 0 Å². The van der Waals surface area contributed by atoms with Crippen LogP contribution in [-0.4, -0.2) is 25.0 Å². The Kier molecular flexibility index (Phi) is 2.28. The molecule has 0 radical (unpaired) electrons. The molecule has 0 aliphatic carbocycles. The molecule has 2 aliphatic rings. The third kappa shape index (κ3) is 1.39. The van der Waals surface area contributed by atoms with E-state index in [1.54, 1.807) is 0 Å². The van der Waals surface area contributed by atoms with Gasteiger partial charge in [0.2, 0.25) is 5.91 Å². The zero-order valence-electron chi connectivity index (χ0n) is 8.87. The van der Waals surface area contributed by atoms with Crippen molar-refractivity contribution >= 4 is 23.2 Å². The molecule has 4 heteroatoms. The minimum absolute atomic E-state index is 0.0580. The quantitative estimate of drug-likeness (QED) is 0.742. The monoisotopic (exact) mass is 236 g/mol. The third-order valence-electron chi connectivity index (χ3n) is 3.35. The highest BCUT2D eigenvalue weighted by Gasteiger charge is 2.36. The van der Waals surface area contributed by atoms with Crippen LogP contribution in [0.2, 0.25) is 5.02 Å². The van der Waals surface area contributed by atoms with Crippen molar-refractivity contribution in [2.24, 2.45) is 0 Å². The molecule has 1 N–H and O–H groups in total. The van der Waals surface area contributed by atoms with Gasteiger partial charge in [-0.15, -0.1) is 0 Å². The van der Waals surface area contributed by atoms with Gasteiger partial charge in [-0.3, -0.25) is 4.79 Å². The third-order valence-corrected chi connectivity index (χ3v) is 3.71. The average Bonchev–Trinajstić information content (AvgIpc) is 2.55. The zero-order chi connectivity index (χ0) is 11.1. The van der Waals surface area contributed by atoms with Crippen LogP contribution >= 0.6 is 11.6 Å². The van der Waals surface area contributed by atoms with E-state index >= 15 is 0 Å². The number of benzene rings is 1. The summed E-state index contributed by atoms with van der Waals surface area (Å²) in [6.07, 6.45) is 1.73. The summed E-state index contributed by atoms with van der Waals surface area (Å²) >= 11 is 6.16. The molecule has 1 amide bonds. The molecule has 1 saturated heterocycles. The molecule has 3 rings (SSSR count). The second-order valence-corrected chi connectivity index (χ2v) is 4.70. The number of anilines is 1. The highest BCUT2D eigenvalue weighted by molar-refractivity contribution is 6.32. The number of hydrogen-bond donors (Lipinski definition) is 1. The topological polar surface area (TPSA) is 32.3 Å². The Balaban J connectivity index is 2.05. The first-order chi connectivity index (χ1) is 7.77. The molecule has 3 nitrogen and oxygen atoms in total. The lowest BCUT2D eigenvalue weighted by atomic mass is 10.1. The first kappa shape index (κ1) is 9.97. The van der Waals surface area contributed by atoms with Crippen LogP contribution in [0.1, 0.15) is 12.0 Å². The number of carbonyl (C=O) groups is 1. The molecular weight excluding hydrogens is 224 g/mol. The van der Waals surface area contributed by atoms with Gasteiger partial charge >= 0.3 is 0 Å². The molecule has 16 heavy (non-hydrogen) atoms. The molecule has 0 bridgehead atoms. The van der Waals surface area contributed by atoms with Gasteiger partial charge in [-0.2, -0.15) is 0 Å². The minimum Gasteiger partial charge on any atom is -0.359 e. The van der Waals surface area contributed by atoms with Crippen LogP contribution in [0.3, 0.4) is 0 Å². The molecule has 1 atom stereocenters. The predicted molar refractivity (Wildman–Crippen MR) is 63.9 cm³/mol. The Morgan fingerprint density at radius 2 is 2.31 bits per heavy atom. The predicted octanol–water partition coefficient (Wildman–Crippen LogP) is 1.59. The maximum atomic E-state index is 11.9. The fraction of sp³-hybridized carbons (Fsp3) is 0.417. The molecule has 84 valence electrons. The molecule has 1 unspecified atom stereocenters. The van der Waals surface area contributed by atoms with Gasteiger partial charge in [-0.05, 0) is 24.1 Å². The summed E-state index contributed by atoms with van der Waals surface area (Å²) < 4.78 is 0. The van der Waals surface area contributed by atoms with Gasteiger partial charge in [0.1, 0.15) is 6.04 Å². The highest BCUT2D eigenvalue weighted by atomic mass is 35.5. The summed E-state index contributed by atoms with van der Waals surface area (Å²) in [6.45, 7) is 1.71. The van der Waals surface area contributed by atoms with Crippen molar-refractivity contribution in [3.8, 4) is 0 Å². The van der Waals surface area contributed by atoms with Gasteiger partial charge in [0.15, 0.2) is 0 Å². The van der Waals surface area contributed by atoms with Crippen LogP contribution in [-0.2, 0) is 11.2 Å². The highest BCUT2D eigenvalue weighted by Crippen LogP contribution is 2.37. The van der Waals surface area contributed by atoms with Crippen LogP contribution in [0.5, 0.6) is 0 Å². The number of fused-ring (bicyclic) bond motifs is 3. The molecular formula is C12H13ClN2O. The van der Waals surface area contributed by atoms with Crippen LogP contribution in [0.15, 0.2) is 18.2 Å². The average molecular weight is 237 g/mol. The van der Waals surface area contributed by atoms with Gasteiger partial charge in [-0.25, -0.2) is 0 Å². The van der Waals surface area contributed by atoms with Crippen molar-refractivity contribution in [1.82, 2.24) is 5.32 Å². The first-order valence-corrected chi connectivity index (χ1v) is 5.97. The summed E-state index contributed by atoms with van der Waals surface area (Å²) in [4.78, 5) is 14.1. The molecule has 2 heterocycles. The number of halogens is 1. The fourth-order valence-electron chi connectivity index (χ4n) is 2.58. The largest absolute Gasteiger partial charge is 0.359 e. The minimum atomic E-state index is -0.0580. The lowest BCUT2D eigenvalue weighted by Gasteiger charge is -2.23. The Morgan fingerprint density at radius 3 is 3.19 bits per heavy atom. The maximum absolute atomic E-state index is 11.9. The van der Waals surface area contributed by atoms with E-state index in [1.807, 2.05) is 12.1 Å². The Bertz CT molecular complexity index is 447. The van der Waals surface area contributed by atoms with Gasteiger partial charge < -0.3 is 10.2 Å². The van der Waals surface area contributed by atoms with Gasteiger partial charge in [0.25, 0.3) is 0 Å². The van der Waals surface area contributed by atoms with Crippen molar-refractivity contribution in [2.45, 2.75) is 18.9 Å². The van der Waals surface area contributed by atoms with Crippen molar-refractivity contribution in [2.75, 3.05) is 18.0 Å². The summed E-state index contributed by atoms with van der Waals surface area (Å²) in [5.74, 6) is 0.129. The van der Waals surface area contributed by atoms with E-state index in [0.29, 0.717) is 0 Å². The summed E-state index contributed by atoms with van der Waals surface area (Å²) in [6, 6.07) is 5.84. The van der Waals surface area contributed by atoms with E-state index in [1.165, 1.54) is 0 Å². The second-order valence-electron chi connectivity index (χ2n) is 4.30. The summed E-state index contributed by atoms with van der Waals surface area (Å²) in [5.41, 5.74) is 2.25. The van der Waals surface area contributed by atoms with Gasteiger partial charge in [0.05, 0.1) is 0 Å². The van der Waals surface area contributed by atoms with Crippen LogP contribution in [0.25, 0.3) is 0 Å². The normalized spacial score (nSPS) is 23.4. The van der Waals surface area contributed by atoms with Gasteiger partial charge in [-0.1, -0.05) is 17.7 Å². The molecule has 2 aliphatic heterocycles. The summed E-state index contributed by atoms with van der Waals surface area (Å²) in [7, 11) is 0. The lowest BCUT2D eigenvalue weighted by Crippen LogP contribution is -2.42. The number of nitrogens with one attached hydrogen (secondary N) is 1. The van der Waals surface area contributed by atoms with Crippen LogP contribution in [0.4, 0.5) is 5.69 Å². The Hall–Kier alpha value is -1.22. The molecule has 1 aromatic carbocycles. The Morgan fingerprint density at radius 1 is 1.44 bits per heavy atom. The molecule has 0 saturated carbocycles. The first-order valence-electron chi connectivity index (χ1n) is 5.59. The van der Waals surface area contributed by atoms with Crippen LogP contribution < -0.4 is 10.2 Å². The second kappa shape index (κ2) is 3.67. The standard InChI is InChI=1S/C12H13ClN2O/c13-9-3-1-4-10-8(9)7-11-12(16)14-5-2-6-15(10)11/h1,3-4,11H,2,5-7H2,(H,14,16). The SMILES string of the molecule is O=C1NCCCN2c3cccc(Cl)c3CC12. The van der Waals surface area contributed by atoms with Crippen molar-refractivity contribution in [1.29, 1.82) is 0 Å². The molecule has 0 aromatic heterocycles. The maximum Gasteiger partial charge on any atom is 0.243 e. The van der Waals surface area contributed by atoms with Gasteiger partial charge in [0, 0.05) is 30.2 Å². The fourth-order valence-corrected chi connectivity index (χ4v) is 2.83. The number of carbonyl (C=O) groups excluding carboxylic acids is 1. The number of rotatable bonds is 0. The van der Waals surface area contributed by atoms with Crippen molar-refractivity contribution < 1.29 is 4.79 Å². The molecule has 1 fully saturated rings.